The summed E-state index contributed by atoms with van der Waals surface area (Å²) in [5, 5.41) is 2.47. The van der Waals surface area contributed by atoms with Gasteiger partial charge in [0.1, 0.15) is 24.4 Å². The molecule has 3 rings (SSSR count). The van der Waals surface area contributed by atoms with Gasteiger partial charge in [0.2, 0.25) is 0 Å². The van der Waals surface area contributed by atoms with E-state index < -0.39 is 56.0 Å². The number of amides is 2. The first-order valence-corrected chi connectivity index (χ1v) is 18.8. The average molecular weight is 643 g/mol. The predicted octanol–water partition coefficient (Wildman–Crippen LogP) is 5.43. The molecule has 0 aromatic heterocycles. The van der Waals surface area contributed by atoms with Crippen LogP contribution in [-0.4, -0.2) is 74.3 Å². The molecule has 45 heavy (non-hydrogen) atoms. The van der Waals surface area contributed by atoms with Crippen molar-refractivity contribution in [2.75, 3.05) is 13.4 Å². The summed E-state index contributed by atoms with van der Waals surface area (Å²) in [4.78, 5) is 54.0. The van der Waals surface area contributed by atoms with Crippen LogP contribution in [0.1, 0.15) is 44.4 Å². The molecule has 2 aromatic rings. The molecule has 0 aliphatic carbocycles. The fourth-order valence-electron chi connectivity index (χ4n) is 4.49. The minimum absolute atomic E-state index is 0.0315. The van der Waals surface area contributed by atoms with E-state index in [4.69, 9.17) is 23.7 Å². The Hall–Kier alpha value is -3.90. The maximum Gasteiger partial charge on any atom is 0.411 e. The lowest BCUT2D eigenvalue weighted by molar-refractivity contribution is -0.167. The maximum absolute atomic E-state index is 13.7. The van der Waals surface area contributed by atoms with Crippen LogP contribution in [0.5, 0.6) is 0 Å². The van der Waals surface area contributed by atoms with Gasteiger partial charge in [0.15, 0.2) is 12.8 Å². The molecule has 11 nitrogen and oxygen atoms in total. The van der Waals surface area contributed by atoms with Crippen molar-refractivity contribution in [1.82, 2.24) is 10.2 Å². The Bertz CT molecular complexity index is 1310. The number of carbonyl (C=O) groups is 4. The molecule has 0 saturated heterocycles. The topological polar surface area (TPSA) is 130 Å². The molecule has 12 heteroatoms. The van der Waals surface area contributed by atoms with Crippen molar-refractivity contribution in [3.8, 4) is 0 Å². The van der Waals surface area contributed by atoms with Crippen molar-refractivity contribution >= 4 is 32.2 Å². The zero-order valence-electron chi connectivity index (χ0n) is 27.3. The van der Waals surface area contributed by atoms with Gasteiger partial charge in [0.25, 0.3) is 0 Å². The normalized spacial score (nSPS) is 16.1. The summed E-state index contributed by atoms with van der Waals surface area (Å²) in [6, 6.07) is 15.2. The Morgan fingerprint density at radius 2 is 1.60 bits per heavy atom. The zero-order valence-corrected chi connectivity index (χ0v) is 28.3. The van der Waals surface area contributed by atoms with Gasteiger partial charge in [-0.15, -0.1) is 0 Å². The van der Waals surface area contributed by atoms with Crippen LogP contribution in [0.25, 0.3) is 0 Å². The van der Waals surface area contributed by atoms with Crippen molar-refractivity contribution in [2.24, 2.45) is 0 Å². The third-order valence-electron chi connectivity index (χ3n) is 6.94. The van der Waals surface area contributed by atoms with E-state index in [0.29, 0.717) is 6.61 Å². The van der Waals surface area contributed by atoms with Gasteiger partial charge in [-0.3, -0.25) is 4.90 Å². The van der Waals surface area contributed by atoms with Crippen molar-refractivity contribution in [3.05, 3.63) is 71.3 Å². The highest BCUT2D eigenvalue weighted by Crippen LogP contribution is 2.26. The minimum atomic E-state index is -1.40. The highest BCUT2D eigenvalue weighted by atomic mass is 28.3. The number of carbonyl (C=O) groups excluding carboxylic acids is 4. The molecule has 2 amide bonds. The van der Waals surface area contributed by atoms with Gasteiger partial charge in [-0.2, -0.15) is 0 Å². The molecule has 0 fully saturated rings. The number of alkyl carbamates (subject to hydrolysis) is 1. The van der Waals surface area contributed by atoms with Crippen LogP contribution in [0.4, 0.5) is 9.59 Å². The SMILES string of the molecule is C[C@@H](OC(=O)[C@@H]1Cc2ccccc2CN1C(=O)OCc1ccccc1)[C@H](NC(=O)OC(C)(C)C)C(=O)OCOCC[Si](C)(C)C. The van der Waals surface area contributed by atoms with E-state index in [1.165, 1.54) is 11.8 Å². The van der Waals surface area contributed by atoms with Crippen molar-refractivity contribution in [1.29, 1.82) is 0 Å². The molecule has 1 N–H and O–H groups in total. The molecule has 0 spiro atoms. The second-order valence-electron chi connectivity index (χ2n) is 13.2. The van der Waals surface area contributed by atoms with Gasteiger partial charge in [0, 0.05) is 21.1 Å². The lowest BCUT2D eigenvalue weighted by Crippen LogP contribution is -2.54. The number of esters is 2. The smallest absolute Gasteiger partial charge is 0.411 e. The number of hydrogen-bond donors (Lipinski definition) is 1. The number of nitrogens with one attached hydrogen (secondary N) is 1. The number of fused-ring (bicyclic) bond motifs is 1. The van der Waals surface area contributed by atoms with Crippen molar-refractivity contribution < 1.29 is 42.9 Å². The molecule has 0 saturated carbocycles. The van der Waals surface area contributed by atoms with E-state index in [9.17, 15) is 19.2 Å². The summed E-state index contributed by atoms with van der Waals surface area (Å²) in [5.74, 6) is -1.62. The van der Waals surface area contributed by atoms with Gasteiger partial charge >= 0.3 is 24.1 Å². The number of nitrogens with zero attached hydrogens (tertiary/aromatic N) is 1. The zero-order chi connectivity index (χ0) is 33.2. The van der Waals surface area contributed by atoms with Crippen LogP contribution in [0.15, 0.2) is 54.6 Å². The first-order valence-electron chi connectivity index (χ1n) is 15.1. The summed E-state index contributed by atoms with van der Waals surface area (Å²) >= 11 is 0. The molecule has 0 unspecified atom stereocenters. The molecular formula is C33H46N2O9Si. The van der Waals surface area contributed by atoms with Crippen LogP contribution in [-0.2, 0) is 52.8 Å². The molecule has 1 aliphatic rings. The second kappa shape index (κ2) is 15.9. The summed E-state index contributed by atoms with van der Waals surface area (Å²) in [7, 11) is -1.35. The Balaban J connectivity index is 1.73. The first-order chi connectivity index (χ1) is 21.1. The minimum Gasteiger partial charge on any atom is -0.458 e. The Kier molecular flexibility index (Phi) is 12.6. The highest BCUT2D eigenvalue weighted by molar-refractivity contribution is 6.76. The largest absolute Gasteiger partial charge is 0.458 e. The third-order valence-corrected chi connectivity index (χ3v) is 8.64. The van der Waals surface area contributed by atoms with E-state index in [2.05, 4.69) is 25.0 Å². The number of hydrogen-bond acceptors (Lipinski definition) is 9. The van der Waals surface area contributed by atoms with Crippen molar-refractivity contribution in [3.63, 3.8) is 0 Å². The number of benzene rings is 2. The van der Waals surface area contributed by atoms with Gasteiger partial charge in [-0.25, -0.2) is 19.2 Å². The van der Waals surface area contributed by atoms with Gasteiger partial charge in [-0.05, 0) is 50.4 Å². The maximum atomic E-state index is 13.7. The van der Waals surface area contributed by atoms with E-state index in [0.717, 1.165) is 22.7 Å². The van der Waals surface area contributed by atoms with Gasteiger partial charge < -0.3 is 29.0 Å². The highest BCUT2D eigenvalue weighted by Gasteiger charge is 2.40. The molecule has 0 bridgehead atoms. The number of rotatable bonds is 12. The van der Waals surface area contributed by atoms with Crippen LogP contribution < -0.4 is 5.32 Å². The quantitative estimate of drug-likeness (QED) is 0.106. The van der Waals surface area contributed by atoms with Gasteiger partial charge in [-0.1, -0.05) is 74.2 Å². The summed E-state index contributed by atoms with van der Waals surface area (Å²) in [6.45, 7) is 13.4. The molecule has 2 aromatic carbocycles. The van der Waals surface area contributed by atoms with Crippen LogP contribution in [0, 0.1) is 0 Å². The summed E-state index contributed by atoms with van der Waals surface area (Å²) < 4.78 is 27.4. The molecule has 1 heterocycles. The van der Waals surface area contributed by atoms with E-state index >= 15 is 0 Å². The molecule has 1 aliphatic heterocycles. The molecule has 246 valence electrons. The van der Waals surface area contributed by atoms with E-state index in [-0.39, 0.29) is 26.4 Å². The Labute approximate surface area is 266 Å². The molecular weight excluding hydrogens is 596 g/mol. The molecule has 3 atom stereocenters. The number of ether oxygens (including phenoxy) is 5. The average Bonchev–Trinajstić information content (AvgIpc) is 2.96. The Morgan fingerprint density at radius 3 is 2.24 bits per heavy atom. The Morgan fingerprint density at radius 1 is 0.956 bits per heavy atom. The lowest BCUT2D eigenvalue weighted by atomic mass is 9.94. The monoisotopic (exact) mass is 642 g/mol. The second-order valence-corrected chi connectivity index (χ2v) is 18.8. The fraction of sp³-hybridized carbons (Fsp3) is 0.515. The van der Waals surface area contributed by atoms with Gasteiger partial charge in [0.05, 0.1) is 6.54 Å². The van der Waals surface area contributed by atoms with Crippen LogP contribution in [0.3, 0.4) is 0 Å². The van der Waals surface area contributed by atoms with E-state index in [1.807, 2.05) is 54.6 Å². The fourth-order valence-corrected chi connectivity index (χ4v) is 5.24. The van der Waals surface area contributed by atoms with E-state index in [1.54, 1.807) is 20.8 Å². The molecule has 0 radical (unpaired) electrons. The van der Waals surface area contributed by atoms with Crippen molar-refractivity contribution in [2.45, 2.75) is 96.7 Å². The third kappa shape index (κ3) is 11.8. The predicted molar refractivity (Wildman–Crippen MR) is 170 cm³/mol. The van der Waals surface area contributed by atoms with Crippen LogP contribution >= 0.6 is 0 Å². The first kappa shape index (κ1) is 35.6. The van der Waals surface area contributed by atoms with Crippen LogP contribution in [0.2, 0.25) is 25.7 Å². The summed E-state index contributed by atoms with van der Waals surface area (Å²) in [5.41, 5.74) is 1.73. The lowest BCUT2D eigenvalue weighted by Gasteiger charge is -2.35. The summed E-state index contributed by atoms with van der Waals surface area (Å²) in [6.07, 6.45) is -2.56. The standard InChI is InChI=1S/C33H46N2O9Si/c1-23(28(34-31(38)44-33(2,3)4)30(37)42-22-40-17-18-45(5,6)7)43-29(36)27-19-25-15-11-12-16-26(25)20-35(27)32(39)41-21-24-13-9-8-10-14-24/h8-16,23,27-28H,17-22H2,1-7H3,(H,34,38)/t23-,27+,28+/m1/s1.